The lowest BCUT2D eigenvalue weighted by atomic mass is 10.1. The smallest absolute Gasteiger partial charge is 0.348 e. The van der Waals surface area contributed by atoms with Crippen molar-refractivity contribution < 1.29 is 10.0 Å². The van der Waals surface area contributed by atoms with Crippen LogP contribution >= 0.6 is 11.6 Å². The van der Waals surface area contributed by atoms with Gasteiger partial charge in [0.1, 0.15) is 6.33 Å². The predicted octanol–water partition coefficient (Wildman–Crippen LogP) is 1.22. The molecule has 7 nitrogen and oxygen atoms in total. The van der Waals surface area contributed by atoms with Crippen LogP contribution in [-0.4, -0.2) is 32.1 Å². The summed E-state index contributed by atoms with van der Waals surface area (Å²) in [5, 5.41) is 22.3. The summed E-state index contributed by atoms with van der Waals surface area (Å²) in [4.78, 5) is 17.3. The van der Waals surface area contributed by atoms with Crippen LogP contribution in [0.3, 0.4) is 0 Å². The molecule has 8 heteroatoms. The van der Waals surface area contributed by atoms with Crippen LogP contribution in [0.25, 0.3) is 0 Å². The quantitative estimate of drug-likeness (QED) is 0.471. The minimum Gasteiger partial charge on any atom is -0.394 e. The molecule has 1 rings (SSSR count). The molecule has 88 valence electrons. The maximum absolute atomic E-state index is 10.8. The van der Waals surface area contributed by atoms with Crippen molar-refractivity contribution in [3.8, 4) is 0 Å². The topological polar surface area (TPSA) is 101 Å². The average Bonchev–Trinajstić information content (AvgIpc) is 2.16. The van der Waals surface area contributed by atoms with Crippen LogP contribution in [0.5, 0.6) is 0 Å². The third-order valence-electron chi connectivity index (χ3n) is 1.81. The Morgan fingerprint density at radius 3 is 2.75 bits per heavy atom. The fourth-order valence-electron chi connectivity index (χ4n) is 0.971. The number of hydrogen-bond acceptors (Lipinski definition) is 6. The summed E-state index contributed by atoms with van der Waals surface area (Å²) >= 11 is 5.60. The summed E-state index contributed by atoms with van der Waals surface area (Å²) < 4.78 is 0. The number of anilines is 1. The van der Waals surface area contributed by atoms with Gasteiger partial charge in [-0.3, -0.25) is 10.1 Å². The second-order valence-electron chi connectivity index (χ2n) is 3.79. The fraction of sp³-hybridized carbons (Fsp3) is 0.500. The van der Waals surface area contributed by atoms with Crippen molar-refractivity contribution in [2.45, 2.75) is 19.4 Å². The van der Waals surface area contributed by atoms with E-state index in [1.54, 1.807) is 13.8 Å². The number of nitrogens with zero attached hydrogens (tertiary/aromatic N) is 3. The Kier molecular flexibility index (Phi) is 3.61. The molecule has 2 N–H and O–H groups in total. The minimum atomic E-state index is -0.734. The Balaban J connectivity index is 3.14. The van der Waals surface area contributed by atoms with E-state index in [9.17, 15) is 10.1 Å². The van der Waals surface area contributed by atoms with E-state index in [1.165, 1.54) is 0 Å². The van der Waals surface area contributed by atoms with E-state index in [2.05, 4.69) is 15.3 Å². The highest BCUT2D eigenvalue weighted by Crippen LogP contribution is 2.29. The second kappa shape index (κ2) is 4.58. The zero-order valence-corrected chi connectivity index (χ0v) is 9.52. The molecule has 16 heavy (non-hydrogen) atoms. The summed E-state index contributed by atoms with van der Waals surface area (Å²) in [7, 11) is 0. The first-order valence-corrected chi connectivity index (χ1v) is 4.79. The van der Waals surface area contributed by atoms with Crippen molar-refractivity contribution in [3.63, 3.8) is 0 Å². The number of nitro groups is 1. The summed E-state index contributed by atoms with van der Waals surface area (Å²) in [6.45, 7) is 3.14. The van der Waals surface area contributed by atoms with Gasteiger partial charge in [-0.1, -0.05) is 11.6 Å². The van der Waals surface area contributed by atoms with Gasteiger partial charge in [-0.2, -0.15) is 0 Å². The normalized spacial score (nSPS) is 11.2. The number of rotatable bonds is 4. The SMILES string of the molecule is CC(C)(CO)Nc1ncnc(Cl)c1[N+](=O)[O-]. The highest BCUT2D eigenvalue weighted by Gasteiger charge is 2.26. The molecular formula is C8H11ClN4O3. The molecule has 0 spiro atoms. The molecule has 0 aliphatic heterocycles. The second-order valence-corrected chi connectivity index (χ2v) is 4.14. The Morgan fingerprint density at radius 2 is 2.25 bits per heavy atom. The maximum Gasteiger partial charge on any atom is 0.348 e. The van der Waals surface area contributed by atoms with Gasteiger partial charge in [0.25, 0.3) is 0 Å². The number of halogens is 1. The lowest BCUT2D eigenvalue weighted by Gasteiger charge is -2.23. The van der Waals surface area contributed by atoms with E-state index < -0.39 is 16.1 Å². The van der Waals surface area contributed by atoms with E-state index in [-0.39, 0.29) is 17.6 Å². The van der Waals surface area contributed by atoms with Gasteiger partial charge in [-0.15, -0.1) is 0 Å². The number of nitrogens with one attached hydrogen (secondary N) is 1. The lowest BCUT2D eigenvalue weighted by molar-refractivity contribution is -0.384. The lowest BCUT2D eigenvalue weighted by Crippen LogP contribution is -2.35. The van der Waals surface area contributed by atoms with Crippen molar-refractivity contribution in [3.05, 3.63) is 21.6 Å². The number of aromatic nitrogens is 2. The van der Waals surface area contributed by atoms with Crippen molar-refractivity contribution in [2.24, 2.45) is 0 Å². The van der Waals surface area contributed by atoms with Gasteiger partial charge in [-0.25, -0.2) is 9.97 Å². The predicted molar refractivity (Wildman–Crippen MR) is 58.5 cm³/mol. The van der Waals surface area contributed by atoms with Gasteiger partial charge in [0, 0.05) is 0 Å². The molecule has 0 amide bonds. The van der Waals surface area contributed by atoms with Crippen LogP contribution in [0.2, 0.25) is 5.15 Å². The summed E-state index contributed by atoms with van der Waals surface area (Å²) in [5.74, 6) is -0.0101. The Labute approximate surface area is 96.6 Å². The van der Waals surface area contributed by atoms with Gasteiger partial charge in [0.05, 0.1) is 17.1 Å². The van der Waals surface area contributed by atoms with Gasteiger partial charge >= 0.3 is 5.69 Å². The molecule has 0 fully saturated rings. The zero-order valence-electron chi connectivity index (χ0n) is 8.77. The average molecular weight is 247 g/mol. The Bertz CT molecular complexity index is 410. The van der Waals surface area contributed by atoms with Crippen molar-refractivity contribution in [1.29, 1.82) is 0 Å². The molecule has 0 saturated heterocycles. The Hall–Kier alpha value is -1.47. The minimum absolute atomic E-state index is 0.0101. The van der Waals surface area contributed by atoms with E-state index >= 15 is 0 Å². The van der Waals surface area contributed by atoms with Crippen LogP contribution in [-0.2, 0) is 0 Å². The highest BCUT2D eigenvalue weighted by molar-refractivity contribution is 6.31. The van der Waals surface area contributed by atoms with E-state index in [0.29, 0.717) is 0 Å². The first-order chi connectivity index (χ1) is 7.37. The van der Waals surface area contributed by atoms with Crippen LogP contribution in [0, 0.1) is 10.1 Å². The zero-order chi connectivity index (χ0) is 12.3. The fourth-order valence-corrected chi connectivity index (χ4v) is 1.17. The first-order valence-electron chi connectivity index (χ1n) is 4.41. The van der Waals surface area contributed by atoms with E-state index in [0.717, 1.165) is 6.33 Å². The molecule has 1 aromatic heterocycles. The van der Waals surface area contributed by atoms with Crippen LogP contribution in [0.1, 0.15) is 13.8 Å². The van der Waals surface area contributed by atoms with Crippen LogP contribution < -0.4 is 5.32 Å². The molecule has 0 aliphatic rings. The van der Waals surface area contributed by atoms with Gasteiger partial charge in [0.15, 0.2) is 0 Å². The molecule has 0 bridgehead atoms. The molecule has 1 aromatic rings. The van der Waals surface area contributed by atoms with Crippen molar-refractivity contribution in [2.75, 3.05) is 11.9 Å². The molecule has 0 radical (unpaired) electrons. The molecule has 0 unspecified atom stereocenters. The molecule has 0 atom stereocenters. The van der Waals surface area contributed by atoms with Gasteiger partial charge < -0.3 is 10.4 Å². The molecule has 1 heterocycles. The third kappa shape index (κ3) is 2.77. The molecule has 0 saturated carbocycles. The largest absolute Gasteiger partial charge is 0.394 e. The number of aliphatic hydroxyl groups is 1. The van der Waals surface area contributed by atoms with Crippen LogP contribution in [0.15, 0.2) is 6.33 Å². The Morgan fingerprint density at radius 1 is 1.62 bits per heavy atom. The molecule has 0 aromatic carbocycles. The molecular weight excluding hydrogens is 236 g/mol. The highest BCUT2D eigenvalue weighted by atomic mass is 35.5. The summed E-state index contributed by atoms with van der Waals surface area (Å²) in [5.41, 5.74) is -1.13. The maximum atomic E-state index is 10.8. The van der Waals surface area contributed by atoms with Crippen LogP contribution in [0.4, 0.5) is 11.5 Å². The standard InChI is InChI=1S/C8H11ClN4O3/c1-8(2,3-14)12-7-5(13(15)16)6(9)10-4-11-7/h4,14H,3H2,1-2H3,(H,10,11,12). The van der Waals surface area contributed by atoms with Crippen molar-refractivity contribution in [1.82, 2.24) is 9.97 Å². The van der Waals surface area contributed by atoms with Crippen molar-refractivity contribution >= 4 is 23.1 Å². The van der Waals surface area contributed by atoms with Gasteiger partial charge in [-0.05, 0) is 13.8 Å². The summed E-state index contributed by atoms with van der Waals surface area (Å²) in [6, 6.07) is 0. The monoisotopic (exact) mass is 246 g/mol. The van der Waals surface area contributed by atoms with E-state index in [4.69, 9.17) is 16.7 Å². The van der Waals surface area contributed by atoms with Gasteiger partial charge in [0.2, 0.25) is 11.0 Å². The summed E-state index contributed by atoms with van der Waals surface area (Å²) in [6.07, 6.45) is 1.12. The number of hydrogen-bond donors (Lipinski definition) is 2. The number of aliphatic hydroxyl groups excluding tert-OH is 1. The molecule has 0 aliphatic carbocycles. The first kappa shape index (κ1) is 12.6. The third-order valence-corrected chi connectivity index (χ3v) is 2.09. The van der Waals surface area contributed by atoms with E-state index in [1.807, 2.05) is 0 Å².